The molecule has 2 aromatic carbocycles. The van der Waals surface area contributed by atoms with Crippen molar-refractivity contribution in [1.29, 1.82) is 0 Å². The van der Waals surface area contributed by atoms with Gasteiger partial charge in [0.2, 0.25) is 5.91 Å². The van der Waals surface area contributed by atoms with Crippen LogP contribution < -0.4 is 10.6 Å². The summed E-state index contributed by atoms with van der Waals surface area (Å²) < 4.78 is 5.55. The third-order valence-electron chi connectivity index (χ3n) is 5.66. The lowest BCUT2D eigenvalue weighted by Crippen LogP contribution is -2.56. The minimum absolute atomic E-state index is 0.101. The molecule has 0 unspecified atom stereocenters. The lowest BCUT2D eigenvalue weighted by molar-refractivity contribution is -0.142. The first kappa shape index (κ1) is 25.2. The third-order valence-corrected chi connectivity index (χ3v) is 5.66. The van der Waals surface area contributed by atoms with Gasteiger partial charge < -0.3 is 30.3 Å². The quantitative estimate of drug-likeness (QED) is 0.486. The summed E-state index contributed by atoms with van der Waals surface area (Å²) in [5.74, 6) is -1.83. The number of aliphatic carboxylic acids is 1. The second-order valence-electron chi connectivity index (χ2n) is 8.95. The van der Waals surface area contributed by atoms with E-state index >= 15 is 0 Å². The number of ether oxygens (including phenoxy) is 1. The third kappa shape index (κ3) is 6.12. The van der Waals surface area contributed by atoms with Crippen molar-refractivity contribution in [3.63, 3.8) is 0 Å². The summed E-state index contributed by atoms with van der Waals surface area (Å²) in [4.78, 5) is 40.4. The molecule has 3 N–H and O–H groups in total. The Hall–Kier alpha value is -3.43. The van der Waals surface area contributed by atoms with Gasteiger partial charge in [-0.2, -0.15) is 0 Å². The summed E-state index contributed by atoms with van der Waals surface area (Å²) in [5.41, 5.74) is 4.43. The van der Waals surface area contributed by atoms with Crippen molar-refractivity contribution in [2.24, 2.45) is 0 Å². The molecule has 9 heteroatoms. The van der Waals surface area contributed by atoms with Gasteiger partial charge in [-0.1, -0.05) is 48.5 Å². The summed E-state index contributed by atoms with van der Waals surface area (Å²) in [5, 5.41) is 14.5. The van der Waals surface area contributed by atoms with E-state index in [4.69, 9.17) is 4.74 Å². The molecule has 34 heavy (non-hydrogen) atoms. The van der Waals surface area contributed by atoms with Crippen LogP contribution in [0, 0.1) is 0 Å². The Kier molecular flexibility index (Phi) is 8.25. The summed E-state index contributed by atoms with van der Waals surface area (Å²) in [6.45, 7) is 0.430. The van der Waals surface area contributed by atoms with E-state index in [1.165, 1.54) is 0 Å². The molecule has 2 atom stereocenters. The maximum Gasteiger partial charge on any atom is 0.407 e. The van der Waals surface area contributed by atoms with Gasteiger partial charge in [-0.25, -0.2) is 9.59 Å². The van der Waals surface area contributed by atoms with Crippen LogP contribution in [-0.2, 0) is 14.3 Å². The maximum atomic E-state index is 12.8. The van der Waals surface area contributed by atoms with Gasteiger partial charge in [0.1, 0.15) is 18.7 Å². The van der Waals surface area contributed by atoms with E-state index in [-0.39, 0.29) is 25.6 Å². The lowest BCUT2D eigenvalue weighted by atomic mass is 9.98. The molecule has 0 saturated carbocycles. The Morgan fingerprint density at radius 2 is 1.35 bits per heavy atom. The molecule has 0 bridgehead atoms. The van der Waals surface area contributed by atoms with Crippen molar-refractivity contribution in [2.45, 2.75) is 18.0 Å². The van der Waals surface area contributed by atoms with E-state index in [1.54, 1.807) is 38.0 Å². The number of fused-ring (bicyclic) bond motifs is 3. The zero-order chi connectivity index (χ0) is 24.8. The predicted octanol–water partition coefficient (Wildman–Crippen LogP) is 1.59. The fraction of sp³-hybridized carbons (Fsp3) is 0.400. The number of alkyl carbamates (subject to hydrolysis) is 1. The Labute approximate surface area is 199 Å². The van der Waals surface area contributed by atoms with E-state index in [2.05, 4.69) is 22.8 Å². The first-order valence-electron chi connectivity index (χ1n) is 11.1. The Morgan fingerprint density at radius 3 is 1.85 bits per heavy atom. The molecule has 0 spiro atoms. The number of amides is 2. The summed E-state index contributed by atoms with van der Waals surface area (Å²) in [6, 6.07) is 14.0. The number of hydrogen-bond acceptors (Lipinski definition) is 6. The van der Waals surface area contributed by atoms with E-state index in [0.717, 1.165) is 22.3 Å². The average molecular weight is 469 g/mol. The second kappa shape index (κ2) is 11.1. The SMILES string of the molecule is CN(C)C[C@H](NC(=O)[C@H](CN(C)C)NC(=O)OCC1c2ccccc2-c2ccccc21)C(=O)O. The van der Waals surface area contributed by atoms with E-state index in [9.17, 15) is 19.5 Å². The number of nitrogens with zero attached hydrogens (tertiary/aromatic N) is 2. The van der Waals surface area contributed by atoms with Gasteiger partial charge >= 0.3 is 12.1 Å². The minimum Gasteiger partial charge on any atom is -0.480 e. The second-order valence-corrected chi connectivity index (χ2v) is 8.95. The van der Waals surface area contributed by atoms with Gasteiger partial charge in [0.25, 0.3) is 0 Å². The van der Waals surface area contributed by atoms with E-state index in [1.807, 2.05) is 36.4 Å². The van der Waals surface area contributed by atoms with Gasteiger partial charge in [-0.15, -0.1) is 0 Å². The zero-order valence-corrected chi connectivity index (χ0v) is 19.9. The maximum absolute atomic E-state index is 12.8. The van der Waals surface area contributed by atoms with Crippen molar-refractivity contribution in [3.8, 4) is 11.1 Å². The van der Waals surface area contributed by atoms with Crippen LogP contribution in [0.1, 0.15) is 17.0 Å². The fourth-order valence-electron chi connectivity index (χ4n) is 4.16. The van der Waals surface area contributed by atoms with Gasteiger partial charge in [0.05, 0.1) is 0 Å². The molecule has 1 aliphatic carbocycles. The molecule has 0 heterocycles. The number of carbonyl (C=O) groups is 3. The fourth-order valence-corrected chi connectivity index (χ4v) is 4.16. The predicted molar refractivity (Wildman–Crippen MR) is 129 cm³/mol. The van der Waals surface area contributed by atoms with Crippen molar-refractivity contribution < 1.29 is 24.2 Å². The number of hydrogen-bond donors (Lipinski definition) is 3. The van der Waals surface area contributed by atoms with Crippen molar-refractivity contribution in [3.05, 3.63) is 59.7 Å². The molecule has 0 aliphatic heterocycles. The monoisotopic (exact) mass is 468 g/mol. The Bertz CT molecular complexity index is 994. The summed E-state index contributed by atoms with van der Waals surface area (Å²) in [7, 11) is 6.95. The molecule has 0 fully saturated rings. The van der Waals surface area contributed by atoms with Crippen molar-refractivity contribution >= 4 is 18.0 Å². The first-order valence-corrected chi connectivity index (χ1v) is 11.1. The molecule has 2 amide bonds. The molecular weight excluding hydrogens is 436 g/mol. The van der Waals surface area contributed by atoms with Crippen molar-refractivity contribution in [2.75, 3.05) is 47.9 Å². The average Bonchev–Trinajstić information content (AvgIpc) is 3.10. The summed E-state index contributed by atoms with van der Waals surface area (Å²) in [6.07, 6.45) is -0.733. The molecule has 9 nitrogen and oxygen atoms in total. The first-order chi connectivity index (χ1) is 16.2. The van der Waals surface area contributed by atoms with Crippen molar-refractivity contribution in [1.82, 2.24) is 20.4 Å². The smallest absolute Gasteiger partial charge is 0.407 e. The highest BCUT2D eigenvalue weighted by atomic mass is 16.5. The van der Waals surface area contributed by atoms with E-state index < -0.39 is 30.1 Å². The van der Waals surface area contributed by atoms with Gasteiger partial charge in [0, 0.05) is 19.0 Å². The molecular formula is C25H32N4O5. The highest BCUT2D eigenvalue weighted by molar-refractivity contribution is 5.89. The van der Waals surface area contributed by atoms with Crippen LogP contribution in [0.2, 0.25) is 0 Å². The Morgan fingerprint density at radius 1 is 0.853 bits per heavy atom. The van der Waals surface area contributed by atoms with Crippen LogP contribution in [0.4, 0.5) is 4.79 Å². The highest BCUT2D eigenvalue weighted by Crippen LogP contribution is 2.44. The number of nitrogens with one attached hydrogen (secondary N) is 2. The molecule has 1 aliphatic rings. The minimum atomic E-state index is -1.15. The highest BCUT2D eigenvalue weighted by Gasteiger charge is 2.31. The normalized spacial score (nSPS) is 14.3. The van der Waals surface area contributed by atoms with Crippen LogP contribution >= 0.6 is 0 Å². The van der Waals surface area contributed by atoms with Gasteiger partial charge in [-0.3, -0.25) is 4.79 Å². The standard InChI is InChI=1S/C25H32N4O5/c1-28(2)13-21(23(30)26-22(24(31)32)14-29(3)4)27-25(33)34-15-20-18-11-7-5-9-16(18)17-10-6-8-12-19(17)20/h5-12,20-22H,13-15H2,1-4H3,(H,26,30)(H,27,33)(H,31,32)/t21-,22-/m0/s1. The van der Waals surface area contributed by atoms with Crippen LogP contribution in [0.3, 0.4) is 0 Å². The number of rotatable bonds is 10. The number of carboxylic acids is 1. The number of benzene rings is 2. The largest absolute Gasteiger partial charge is 0.480 e. The summed E-state index contributed by atoms with van der Waals surface area (Å²) >= 11 is 0. The number of likely N-dealkylation sites (N-methyl/N-ethyl adjacent to an activating group) is 2. The Balaban J connectivity index is 1.66. The van der Waals surface area contributed by atoms with Gasteiger partial charge in [0.15, 0.2) is 0 Å². The molecule has 0 saturated heterocycles. The van der Waals surface area contributed by atoms with Gasteiger partial charge in [-0.05, 0) is 50.4 Å². The van der Waals surface area contributed by atoms with Crippen LogP contribution in [0.25, 0.3) is 11.1 Å². The molecule has 2 aromatic rings. The number of carbonyl (C=O) groups excluding carboxylic acids is 2. The molecule has 182 valence electrons. The zero-order valence-electron chi connectivity index (χ0n) is 19.9. The van der Waals surface area contributed by atoms with Crippen LogP contribution in [-0.4, -0.2) is 92.8 Å². The lowest BCUT2D eigenvalue weighted by Gasteiger charge is -2.25. The van der Waals surface area contributed by atoms with Crippen LogP contribution in [0.15, 0.2) is 48.5 Å². The molecule has 3 rings (SSSR count). The molecule has 0 radical (unpaired) electrons. The molecule has 0 aromatic heterocycles. The van der Waals surface area contributed by atoms with Crippen LogP contribution in [0.5, 0.6) is 0 Å². The van der Waals surface area contributed by atoms with E-state index in [0.29, 0.717) is 0 Å². The number of carboxylic acid groups (broad SMARTS) is 1. The topological polar surface area (TPSA) is 111 Å².